The summed E-state index contributed by atoms with van der Waals surface area (Å²) in [5, 5.41) is 7.79. The molecule has 0 fully saturated rings. The van der Waals surface area contributed by atoms with Gasteiger partial charge in [-0.2, -0.15) is 0 Å². The Kier molecular flexibility index (Phi) is 7.10. The van der Waals surface area contributed by atoms with E-state index in [1.165, 1.54) is 10.9 Å². The summed E-state index contributed by atoms with van der Waals surface area (Å²) in [6.45, 7) is 0. The first-order chi connectivity index (χ1) is 25.8. The second kappa shape index (κ2) is 12.4. The third kappa shape index (κ3) is 4.92. The lowest BCUT2D eigenvalue weighted by molar-refractivity contribution is 1.08. The maximum absolute atomic E-state index is 5.54. The molecule has 4 heteroatoms. The van der Waals surface area contributed by atoms with Gasteiger partial charge in [-0.1, -0.05) is 176 Å². The Balaban J connectivity index is 1.40. The molecule has 0 aliphatic carbocycles. The second-order valence-corrected chi connectivity index (χ2v) is 13.0. The number of rotatable bonds is 5. The molecule has 0 saturated carbocycles. The summed E-state index contributed by atoms with van der Waals surface area (Å²) in [5.41, 5.74) is 7.95. The van der Waals surface area contributed by atoms with Gasteiger partial charge in [0.25, 0.3) is 0 Å². The number of nitrogens with zero attached hydrogens (tertiary/aromatic N) is 4. The fourth-order valence-corrected chi connectivity index (χ4v) is 7.59. The molecule has 0 saturated heterocycles. The van der Waals surface area contributed by atoms with Gasteiger partial charge in [0, 0.05) is 38.4 Å². The van der Waals surface area contributed by atoms with Crippen LogP contribution in [0.5, 0.6) is 0 Å². The molecule has 8 aromatic carbocycles. The quantitative estimate of drug-likeness (QED) is 0.172. The van der Waals surface area contributed by atoms with Gasteiger partial charge in [-0.15, -0.1) is 0 Å². The molecule has 10 rings (SSSR count). The molecule has 242 valence electrons. The van der Waals surface area contributed by atoms with Crippen LogP contribution >= 0.6 is 0 Å². The lowest BCUT2D eigenvalue weighted by atomic mass is 9.86. The van der Waals surface area contributed by atoms with Crippen molar-refractivity contribution in [3.05, 3.63) is 182 Å². The van der Waals surface area contributed by atoms with Crippen LogP contribution < -0.4 is 0 Å². The summed E-state index contributed by atoms with van der Waals surface area (Å²) in [6, 6.07) is 63.2. The molecule has 0 spiro atoms. The van der Waals surface area contributed by atoms with Crippen LogP contribution in [0.1, 0.15) is 0 Å². The van der Waals surface area contributed by atoms with E-state index in [1.807, 2.05) is 36.4 Å². The third-order valence-electron chi connectivity index (χ3n) is 9.90. The van der Waals surface area contributed by atoms with Gasteiger partial charge < -0.3 is 0 Å². The van der Waals surface area contributed by atoms with Crippen LogP contribution in [0, 0.1) is 0 Å². The minimum Gasteiger partial charge on any atom is -0.247 e. The Labute approximate surface area is 300 Å². The number of fused-ring (bicyclic) bond motifs is 6. The van der Waals surface area contributed by atoms with Crippen molar-refractivity contribution in [1.82, 2.24) is 19.9 Å². The van der Waals surface area contributed by atoms with Crippen LogP contribution in [0.3, 0.4) is 0 Å². The molecule has 2 heterocycles. The SMILES string of the molecule is c1ccc(-c2nc(-c3ccccc3)nc(-c3c(-c4nc5ccccc5c5c(-c6ccccc6)cccc45)c4ccccc4c4ccccc34)n2)cc1. The van der Waals surface area contributed by atoms with E-state index in [-0.39, 0.29) is 0 Å². The van der Waals surface area contributed by atoms with E-state index < -0.39 is 0 Å². The number of para-hydroxylation sites is 1. The second-order valence-electron chi connectivity index (χ2n) is 13.0. The number of hydrogen-bond acceptors (Lipinski definition) is 4. The highest BCUT2D eigenvalue weighted by Crippen LogP contribution is 2.47. The molecule has 52 heavy (non-hydrogen) atoms. The van der Waals surface area contributed by atoms with Crippen LogP contribution in [0.25, 0.3) is 99.8 Å². The van der Waals surface area contributed by atoms with E-state index in [2.05, 4.69) is 146 Å². The van der Waals surface area contributed by atoms with Crippen molar-refractivity contribution in [3.63, 3.8) is 0 Å². The van der Waals surface area contributed by atoms with E-state index in [1.54, 1.807) is 0 Å². The highest BCUT2D eigenvalue weighted by molar-refractivity contribution is 6.25. The summed E-state index contributed by atoms with van der Waals surface area (Å²) in [6.07, 6.45) is 0. The van der Waals surface area contributed by atoms with Gasteiger partial charge in [-0.3, -0.25) is 0 Å². The summed E-state index contributed by atoms with van der Waals surface area (Å²) < 4.78 is 0. The molecule has 10 aromatic rings. The Morgan fingerprint density at radius 3 is 1.31 bits per heavy atom. The molecule has 2 aromatic heterocycles. The van der Waals surface area contributed by atoms with E-state index in [4.69, 9.17) is 19.9 Å². The largest absolute Gasteiger partial charge is 0.247 e. The fourth-order valence-electron chi connectivity index (χ4n) is 7.59. The Morgan fingerprint density at radius 2 is 0.712 bits per heavy atom. The average molecular weight is 663 g/mol. The predicted octanol–water partition coefficient (Wildman–Crippen LogP) is 12.2. The zero-order valence-electron chi connectivity index (χ0n) is 28.1. The molecule has 0 unspecified atom stereocenters. The monoisotopic (exact) mass is 662 g/mol. The van der Waals surface area contributed by atoms with Crippen molar-refractivity contribution >= 4 is 43.2 Å². The third-order valence-corrected chi connectivity index (χ3v) is 9.90. The van der Waals surface area contributed by atoms with Gasteiger partial charge in [-0.05, 0) is 38.7 Å². The van der Waals surface area contributed by atoms with Gasteiger partial charge in [0.1, 0.15) is 0 Å². The minimum atomic E-state index is 0.604. The first kappa shape index (κ1) is 29.8. The van der Waals surface area contributed by atoms with Crippen LogP contribution in [0.15, 0.2) is 182 Å². The van der Waals surface area contributed by atoms with Crippen molar-refractivity contribution in [1.29, 1.82) is 0 Å². The van der Waals surface area contributed by atoms with Crippen LogP contribution in [0.2, 0.25) is 0 Å². The first-order valence-corrected chi connectivity index (χ1v) is 17.5. The van der Waals surface area contributed by atoms with Gasteiger partial charge in [0.05, 0.1) is 11.2 Å². The van der Waals surface area contributed by atoms with Crippen LogP contribution in [0.4, 0.5) is 0 Å². The zero-order chi connectivity index (χ0) is 34.4. The van der Waals surface area contributed by atoms with Gasteiger partial charge >= 0.3 is 0 Å². The lowest BCUT2D eigenvalue weighted by Gasteiger charge is -2.20. The van der Waals surface area contributed by atoms with Crippen molar-refractivity contribution in [2.24, 2.45) is 0 Å². The maximum Gasteiger partial charge on any atom is 0.165 e. The molecule has 0 atom stereocenters. The van der Waals surface area contributed by atoms with E-state index in [0.717, 1.165) is 71.3 Å². The normalized spacial score (nSPS) is 11.5. The molecule has 0 aliphatic rings. The van der Waals surface area contributed by atoms with E-state index in [9.17, 15) is 0 Å². The van der Waals surface area contributed by atoms with Crippen molar-refractivity contribution in [3.8, 4) is 56.5 Å². The topological polar surface area (TPSA) is 51.6 Å². The highest BCUT2D eigenvalue weighted by atomic mass is 15.0. The smallest absolute Gasteiger partial charge is 0.165 e. The Bertz CT molecular complexity index is 2880. The minimum absolute atomic E-state index is 0.604. The van der Waals surface area contributed by atoms with Crippen molar-refractivity contribution in [2.75, 3.05) is 0 Å². The van der Waals surface area contributed by atoms with Crippen LogP contribution in [-0.4, -0.2) is 19.9 Å². The van der Waals surface area contributed by atoms with E-state index in [0.29, 0.717) is 17.5 Å². The lowest BCUT2D eigenvalue weighted by Crippen LogP contribution is -2.03. The summed E-state index contributed by atoms with van der Waals surface area (Å²) in [5.74, 6) is 1.85. The van der Waals surface area contributed by atoms with Gasteiger partial charge in [0.15, 0.2) is 17.5 Å². The fraction of sp³-hybridized carbons (Fsp3) is 0. The first-order valence-electron chi connectivity index (χ1n) is 17.5. The molecule has 0 bridgehead atoms. The van der Waals surface area contributed by atoms with Crippen molar-refractivity contribution < 1.29 is 0 Å². The van der Waals surface area contributed by atoms with E-state index >= 15 is 0 Å². The summed E-state index contributed by atoms with van der Waals surface area (Å²) >= 11 is 0. The number of benzene rings is 8. The Hall–Kier alpha value is -7.04. The summed E-state index contributed by atoms with van der Waals surface area (Å²) in [7, 11) is 0. The maximum atomic E-state index is 5.54. The molecule has 0 radical (unpaired) electrons. The summed E-state index contributed by atoms with van der Waals surface area (Å²) in [4.78, 5) is 21.2. The molecule has 0 aliphatic heterocycles. The number of aromatic nitrogens is 4. The van der Waals surface area contributed by atoms with Crippen LogP contribution in [-0.2, 0) is 0 Å². The molecular formula is C48H30N4. The van der Waals surface area contributed by atoms with Crippen molar-refractivity contribution in [2.45, 2.75) is 0 Å². The standard InChI is InChI=1S/C48H30N4/c1-4-17-31(18-5-1)34-28-16-29-40-42(34)39-27-14-15-30-41(39)49-45(40)43-37-25-12-10-23-35(37)36-24-11-13-26-38(36)44(43)48-51-46(32-19-6-2-7-20-32)50-47(52-48)33-21-8-3-9-22-33/h1-30H. The molecular weight excluding hydrogens is 633 g/mol. The zero-order valence-corrected chi connectivity index (χ0v) is 28.1. The Morgan fingerprint density at radius 1 is 0.269 bits per heavy atom. The number of hydrogen-bond donors (Lipinski definition) is 0. The highest BCUT2D eigenvalue weighted by Gasteiger charge is 2.25. The molecule has 0 amide bonds. The average Bonchev–Trinajstić information content (AvgIpc) is 3.23. The number of pyridine rings is 1. The van der Waals surface area contributed by atoms with Gasteiger partial charge in [-0.25, -0.2) is 19.9 Å². The predicted molar refractivity (Wildman–Crippen MR) is 215 cm³/mol. The van der Waals surface area contributed by atoms with Gasteiger partial charge in [0.2, 0.25) is 0 Å². The molecule has 0 N–H and O–H groups in total. The molecule has 4 nitrogen and oxygen atoms in total.